The van der Waals surface area contributed by atoms with Crippen molar-refractivity contribution < 1.29 is 14.3 Å². The summed E-state index contributed by atoms with van der Waals surface area (Å²) in [6.07, 6.45) is 0. The first-order chi connectivity index (χ1) is 11.1. The Morgan fingerprint density at radius 1 is 1.13 bits per heavy atom. The monoisotopic (exact) mass is 334 g/mol. The Kier molecular flexibility index (Phi) is 5.71. The highest BCUT2D eigenvalue weighted by molar-refractivity contribution is 6.32. The zero-order chi connectivity index (χ0) is 16.8. The van der Waals surface area contributed by atoms with E-state index in [2.05, 4.69) is 5.32 Å². The predicted octanol–water partition coefficient (Wildman–Crippen LogP) is 3.43. The van der Waals surface area contributed by atoms with E-state index in [1.807, 2.05) is 30.3 Å². The number of hydrogen-bond acceptors (Lipinski definition) is 4. The van der Waals surface area contributed by atoms with Crippen molar-refractivity contribution in [3.8, 4) is 11.5 Å². The number of anilines is 2. The van der Waals surface area contributed by atoms with Crippen LogP contribution >= 0.6 is 11.6 Å². The number of halogens is 1. The second kappa shape index (κ2) is 7.74. The van der Waals surface area contributed by atoms with Gasteiger partial charge in [0.25, 0.3) is 0 Å². The molecule has 0 aliphatic rings. The summed E-state index contributed by atoms with van der Waals surface area (Å²) in [4.78, 5) is 13.9. The van der Waals surface area contributed by atoms with Gasteiger partial charge in [-0.05, 0) is 12.1 Å². The quantitative estimate of drug-likeness (QED) is 0.879. The number of methoxy groups -OCH3 is 2. The van der Waals surface area contributed by atoms with Crippen molar-refractivity contribution in [1.82, 2.24) is 0 Å². The molecular weight excluding hydrogens is 316 g/mol. The summed E-state index contributed by atoms with van der Waals surface area (Å²) in [7, 11) is 4.81. The molecule has 0 spiro atoms. The van der Waals surface area contributed by atoms with E-state index in [0.29, 0.717) is 22.2 Å². The average molecular weight is 335 g/mol. The molecule has 0 aromatic heterocycles. The maximum atomic E-state index is 12.3. The summed E-state index contributed by atoms with van der Waals surface area (Å²) in [5, 5.41) is 3.51. The number of carbonyl (C=O) groups is 1. The van der Waals surface area contributed by atoms with Gasteiger partial charge in [-0.1, -0.05) is 29.8 Å². The van der Waals surface area contributed by atoms with Crippen LogP contribution in [-0.4, -0.2) is 33.7 Å². The zero-order valence-electron chi connectivity index (χ0n) is 13.3. The Labute approximate surface area is 140 Å². The largest absolute Gasteiger partial charge is 0.495 e. The van der Waals surface area contributed by atoms with Crippen molar-refractivity contribution in [2.24, 2.45) is 0 Å². The molecule has 0 bridgehead atoms. The van der Waals surface area contributed by atoms with Gasteiger partial charge in [0, 0.05) is 24.9 Å². The van der Waals surface area contributed by atoms with Crippen molar-refractivity contribution in [1.29, 1.82) is 0 Å². The second-order valence-corrected chi connectivity index (χ2v) is 5.24. The van der Waals surface area contributed by atoms with Gasteiger partial charge < -0.3 is 19.7 Å². The van der Waals surface area contributed by atoms with E-state index >= 15 is 0 Å². The highest BCUT2D eigenvalue weighted by Gasteiger charge is 2.14. The molecule has 0 aliphatic heterocycles. The first-order valence-corrected chi connectivity index (χ1v) is 7.41. The van der Waals surface area contributed by atoms with Crippen molar-refractivity contribution in [3.63, 3.8) is 0 Å². The minimum atomic E-state index is -0.0767. The molecule has 23 heavy (non-hydrogen) atoms. The van der Waals surface area contributed by atoms with Gasteiger partial charge in [0.2, 0.25) is 5.91 Å². The van der Waals surface area contributed by atoms with Crippen LogP contribution in [-0.2, 0) is 4.79 Å². The Morgan fingerprint density at radius 3 is 2.39 bits per heavy atom. The first kappa shape index (κ1) is 17.0. The van der Waals surface area contributed by atoms with Crippen LogP contribution in [0.1, 0.15) is 0 Å². The zero-order valence-corrected chi connectivity index (χ0v) is 14.1. The number of para-hydroxylation sites is 1. The van der Waals surface area contributed by atoms with Crippen LogP contribution in [0, 0.1) is 0 Å². The summed E-state index contributed by atoms with van der Waals surface area (Å²) in [6.45, 7) is 0.118. The lowest BCUT2D eigenvalue weighted by Crippen LogP contribution is -2.32. The Balaban J connectivity index is 2.09. The average Bonchev–Trinajstić information content (AvgIpc) is 2.60. The minimum Gasteiger partial charge on any atom is -0.495 e. The van der Waals surface area contributed by atoms with Crippen LogP contribution < -0.4 is 19.7 Å². The molecule has 0 unspecified atom stereocenters. The summed E-state index contributed by atoms with van der Waals surface area (Å²) >= 11 is 6.07. The van der Waals surface area contributed by atoms with E-state index in [4.69, 9.17) is 21.1 Å². The lowest BCUT2D eigenvalue weighted by atomic mass is 10.2. The topological polar surface area (TPSA) is 50.8 Å². The second-order valence-electron chi connectivity index (χ2n) is 4.83. The number of nitrogens with zero attached hydrogens (tertiary/aromatic N) is 1. The standard InChI is InChI=1S/C17H19ClN2O3/c1-20(12-7-5-4-6-8-12)17(21)11-19-14-10-15(22-2)13(18)9-16(14)23-3/h4-10,19H,11H2,1-3H3. The van der Waals surface area contributed by atoms with Gasteiger partial charge in [0.15, 0.2) is 0 Å². The van der Waals surface area contributed by atoms with Gasteiger partial charge in [0.1, 0.15) is 11.5 Å². The fraction of sp³-hybridized carbons (Fsp3) is 0.235. The van der Waals surface area contributed by atoms with Crippen LogP contribution in [0.3, 0.4) is 0 Å². The molecular formula is C17H19ClN2O3. The summed E-state index contributed by atoms with van der Waals surface area (Å²) in [5.41, 5.74) is 1.48. The van der Waals surface area contributed by atoms with E-state index in [1.165, 1.54) is 7.11 Å². The van der Waals surface area contributed by atoms with E-state index < -0.39 is 0 Å². The van der Waals surface area contributed by atoms with E-state index in [0.717, 1.165) is 5.69 Å². The lowest BCUT2D eigenvalue weighted by molar-refractivity contribution is -0.116. The maximum Gasteiger partial charge on any atom is 0.246 e. The number of likely N-dealkylation sites (N-methyl/N-ethyl adjacent to an activating group) is 1. The van der Waals surface area contributed by atoms with Crippen molar-refractivity contribution in [2.45, 2.75) is 0 Å². The number of ether oxygens (including phenoxy) is 2. The van der Waals surface area contributed by atoms with Crippen LogP contribution in [0.15, 0.2) is 42.5 Å². The SMILES string of the molecule is COc1cc(NCC(=O)N(C)c2ccccc2)c(OC)cc1Cl. The molecule has 2 rings (SSSR count). The van der Waals surface area contributed by atoms with Gasteiger partial charge in [0.05, 0.1) is 31.5 Å². The van der Waals surface area contributed by atoms with Gasteiger partial charge in [-0.3, -0.25) is 4.79 Å². The fourth-order valence-electron chi connectivity index (χ4n) is 2.08. The molecule has 2 aromatic rings. The number of benzene rings is 2. The van der Waals surface area contributed by atoms with Crippen LogP contribution in [0.5, 0.6) is 11.5 Å². The summed E-state index contributed by atoms with van der Waals surface area (Å²) in [6, 6.07) is 12.8. The maximum absolute atomic E-state index is 12.3. The van der Waals surface area contributed by atoms with Crippen LogP contribution in [0.25, 0.3) is 0 Å². The molecule has 0 saturated heterocycles. The van der Waals surface area contributed by atoms with E-state index in [9.17, 15) is 4.79 Å². The molecule has 122 valence electrons. The Morgan fingerprint density at radius 2 is 1.78 bits per heavy atom. The molecule has 0 heterocycles. The first-order valence-electron chi connectivity index (χ1n) is 7.03. The molecule has 0 saturated carbocycles. The Hall–Kier alpha value is -2.40. The smallest absolute Gasteiger partial charge is 0.246 e. The molecule has 5 nitrogen and oxygen atoms in total. The minimum absolute atomic E-state index is 0.0767. The summed E-state index contributed by atoms with van der Waals surface area (Å²) < 4.78 is 10.5. The van der Waals surface area contributed by atoms with Gasteiger partial charge >= 0.3 is 0 Å². The number of rotatable bonds is 6. The third-order valence-corrected chi connectivity index (χ3v) is 3.72. The van der Waals surface area contributed by atoms with E-state index in [1.54, 1.807) is 31.2 Å². The molecule has 0 aliphatic carbocycles. The number of amides is 1. The fourth-order valence-corrected chi connectivity index (χ4v) is 2.31. The lowest BCUT2D eigenvalue weighted by Gasteiger charge is -2.19. The van der Waals surface area contributed by atoms with Gasteiger partial charge in [-0.25, -0.2) is 0 Å². The van der Waals surface area contributed by atoms with Crippen molar-refractivity contribution in [3.05, 3.63) is 47.5 Å². The molecule has 2 aromatic carbocycles. The van der Waals surface area contributed by atoms with Crippen LogP contribution in [0.2, 0.25) is 5.02 Å². The molecule has 0 atom stereocenters. The van der Waals surface area contributed by atoms with Gasteiger partial charge in [-0.2, -0.15) is 0 Å². The van der Waals surface area contributed by atoms with Crippen molar-refractivity contribution >= 4 is 28.9 Å². The van der Waals surface area contributed by atoms with E-state index in [-0.39, 0.29) is 12.5 Å². The number of carbonyl (C=O) groups excluding carboxylic acids is 1. The van der Waals surface area contributed by atoms with Gasteiger partial charge in [-0.15, -0.1) is 0 Å². The Bertz CT molecular complexity index is 677. The third kappa shape index (κ3) is 4.07. The molecule has 1 N–H and O–H groups in total. The molecule has 1 amide bonds. The summed E-state index contributed by atoms with van der Waals surface area (Å²) in [5.74, 6) is 0.983. The third-order valence-electron chi connectivity index (χ3n) is 3.42. The highest BCUT2D eigenvalue weighted by Crippen LogP contribution is 2.35. The molecule has 0 fully saturated rings. The molecule has 0 radical (unpaired) electrons. The number of hydrogen-bond donors (Lipinski definition) is 1. The highest BCUT2D eigenvalue weighted by atomic mass is 35.5. The van der Waals surface area contributed by atoms with Crippen molar-refractivity contribution in [2.75, 3.05) is 38.0 Å². The van der Waals surface area contributed by atoms with Crippen LogP contribution in [0.4, 0.5) is 11.4 Å². The molecule has 6 heteroatoms. The normalized spacial score (nSPS) is 10.1. The number of nitrogens with one attached hydrogen (secondary N) is 1. The predicted molar refractivity (Wildman–Crippen MR) is 92.9 cm³/mol.